The summed E-state index contributed by atoms with van der Waals surface area (Å²) in [5.41, 5.74) is 5.20. The summed E-state index contributed by atoms with van der Waals surface area (Å²) >= 11 is 0. The lowest BCUT2D eigenvalue weighted by Crippen LogP contribution is -3.00. The van der Waals surface area contributed by atoms with E-state index in [2.05, 4.69) is 72.6 Å². The number of nitrogens with zero attached hydrogens (tertiary/aromatic N) is 1. The normalized spacial score (nSPS) is 14.4. The number of aliphatic hydroxyl groups excluding tert-OH is 1. The second-order valence-corrected chi connectivity index (χ2v) is 6.74. The summed E-state index contributed by atoms with van der Waals surface area (Å²) in [5.74, 6) is 0. The number of anilines is 2. The van der Waals surface area contributed by atoms with Crippen LogP contribution in [0.4, 0.5) is 11.4 Å². The van der Waals surface area contributed by atoms with E-state index in [1.165, 1.54) is 22.5 Å². The SMILES string of the molecule is CC(C)[NH2+]CC(O)CN1c2ccccc2CCc2ccccc21.[Cl-]. The van der Waals surface area contributed by atoms with Gasteiger partial charge in [0.15, 0.2) is 0 Å². The number of hydrogen-bond acceptors (Lipinski definition) is 2. The Morgan fingerprint density at radius 2 is 1.46 bits per heavy atom. The van der Waals surface area contributed by atoms with Crippen molar-refractivity contribution in [3.8, 4) is 0 Å². The summed E-state index contributed by atoms with van der Waals surface area (Å²) in [6.07, 6.45) is 1.76. The fourth-order valence-corrected chi connectivity index (χ4v) is 3.28. The monoisotopic (exact) mass is 346 g/mol. The maximum atomic E-state index is 10.5. The lowest BCUT2D eigenvalue weighted by Gasteiger charge is -2.28. The molecule has 1 aliphatic rings. The molecule has 2 aromatic rings. The number of rotatable bonds is 5. The Labute approximate surface area is 151 Å². The predicted molar refractivity (Wildman–Crippen MR) is 95.2 cm³/mol. The van der Waals surface area contributed by atoms with Gasteiger partial charge in [0, 0.05) is 11.4 Å². The maximum Gasteiger partial charge on any atom is 0.121 e. The molecule has 2 aromatic carbocycles. The first kappa shape index (κ1) is 18.8. The van der Waals surface area contributed by atoms with E-state index in [0.717, 1.165) is 19.4 Å². The molecule has 0 fully saturated rings. The molecule has 0 bridgehead atoms. The van der Waals surface area contributed by atoms with Crippen LogP contribution in [0.2, 0.25) is 0 Å². The van der Waals surface area contributed by atoms with Gasteiger partial charge in [-0.2, -0.15) is 0 Å². The van der Waals surface area contributed by atoms with E-state index >= 15 is 0 Å². The molecule has 4 heteroatoms. The largest absolute Gasteiger partial charge is 1.00 e. The zero-order valence-electron chi connectivity index (χ0n) is 14.5. The van der Waals surface area contributed by atoms with E-state index in [4.69, 9.17) is 0 Å². The van der Waals surface area contributed by atoms with Crippen molar-refractivity contribution in [2.75, 3.05) is 18.0 Å². The number of aryl methyl sites for hydroxylation is 2. The Balaban J connectivity index is 0.00000208. The average Bonchev–Trinajstić information content (AvgIpc) is 2.71. The molecule has 24 heavy (non-hydrogen) atoms. The van der Waals surface area contributed by atoms with Crippen molar-refractivity contribution < 1.29 is 22.8 Å². The van der Waals surface area contributed by atoms with Gasteiger partial charge in [-0.25, -0.2) is 0 Å². The summed E-state index contributed by atoms with van der Waals surface area (Å²) in [6, 6.07) is 17.7. The van der Waals surface area contributed by atoms with Crippen LogP contribution in [0.15, 0.2) is 48.5 Å². The smallest absolute Gasteiger partial charge is 0.121 e. The second kappa shape index (κ2) is 8.52. The number of para-hydroxylation sites is 2. The summed E-state index contributed by atoms with van der Waals surface area (Å²) in [5, 5.41) is 12.7. The quantitative estimate of drug-likeness (QED) is 0.748. The van der Waals surface area contributed by atoms with Crippen molar-refractivity contribution in [1.29, 1.82) is 0 Å². The fourth-order valence-electron chi connectivity index (χ4n) is 3.28. The van der Waals surface area contributed by atoms with Gasteiger partial charge in [-0.05, 0) is 49.9 Å². The van der Waals surface area contributed by atoms with E-state index in [1.807, 2.05) is 0 Å². The number of nitrogens with two attached hydrogens (primary N) is 1. The molecule has 0 saturated heterocycles. The summed E-state index contributed by atoms with van der Waals surface area (Å²) in [6.45, 7) is 5.68. The molecule has 0 aliphatic carbocycles. The van der Waals surface area contributed by atoms with Gasteiger partial charge >= 0.3 is 0 Å². The Morgan fingerprint density at radius 3 is 1.96 bits per heavy atom. The molecular formula is C20H27ClN2O. The van der Waals surface area contributed by atoms with E-state index in [-0.39, 0.29) is 18.5 Å². The molecule has 0 spiro atoms. The third-order valence-corrected chi connectivity index (χ3v) is 4.50. The van der Waals surface area contributed by atoms with E-state index < -0.39 is 0 Å². The molecule has 3 N–H and O–H groups in total. The average molecular weight is 347 g/mol. The molecule has 3 rings (SSSR count). The van der Waals surface area contributed by atoms with Crippen LogP contribution in [-0.4, -0.2) is 30.3 Å². The zero-order chi connectivity index (χ0) is 16.2. The minimum Gasteiger partial charge on any atom is -1.00 e. The van der Waals surface area contributed by atoms with E-state index in [9.17, 15) is 5.11 Å². The summed E-state index contributed by atoms with van der Waals surface area (Å²) < 4.78 is 0. The molecule has 0 radical (unpaired) electrons. The van der Waals surface area contributed by atoms with Crippen molar-refractivity contribution in [3.63, 3.8) is 0 Å². The number of halogens is 1. The lowest BCUT2D eigenvalue weighted by molar-refractivity contribution is -0.688. The second-order valence-electron chi connectivity index (χ2n) is 6.74. The highest BCUT2D eigenvalue weighted by atomic mass is 35.5. The van der Waals surface area contributed by atoms with Crippen LogP contribution in [0.25, 0.3) is 0 Å². The molecule has 1 atom stereocenters. The Hall–Kier alpha value is -1.55. The van der Waals surface area contributed by atoms with Gasteiger partial charge < -0.3 is 27.7 Å². The Bertz CT molecular complexity index is 612. The molecule has 1 heterocycles. The van der Waals surface area contributed by atoms with Gasteiger partial charge in [0.05, 0.1) is 12.6 Å². The molecular weight excluding hydrogens is 320 g/mol. The van der Waals surface area contributed by atoms with Crippen molar-refractivity contribution in [3.05, 3.63) is 59.7 Å². The first-order valence-corrected chi connectivity index (χ1v) is 8.60. The van der Waals surface area contributed by atoms with Gasteiger partial charge in [0.2, 0.25) is 0 Å². The van der Waals surface area contributed by atoms with Crippen LogP contribution in [-0.2, 0) is 12.8 Å². The summed E-state index contributed by atoms with van der Waals surface area (Å²) in [4.78, 5) is 2.30. The summed E-state index contributed by atoms with van der Waals surface area (Å²) in [7, 11) is 0. The van der Waals surface area contributed by atoms with Crippen LogP contribution in [0.3, 0.4) is 0 Å². The van der Waals surface area contributed by atoms with Crippen LogP contribution in [0, 0.1) is 0 Å². The fraction of sp³-hybridized carbons (Fsp3) is 0.400. The van der Waals surface area contributed by atoms with Gasteiger partial charge in [0.25, 0.3) is 0 Å². The minimum absolute atomic E-state index is 0. The van der Waals surface area contributed by atoms with Gasteiger partial charge in [0.1, 0.15) is 12.6 Å². The van der Waals surface area contributed by atoms with Crippen LogP contribution in [0.1, 0.15) is 25.0 Å². The molecule has 3 nitrogen and oxygen atoms in total. The van der Waals surface area contributed by atoms with Crippen molar-refractivity contribution in [2.24, 2.45) is 0 Å². The van der Waals surface area contributed by atoms with E-state index in [0.29, 0.717) is 12.6 Å². The first-order valence-electron chi connectivity index (χ1n) is 8.60. The Kier molecular flexibility index (Phi) is 6.67. The molecule has 1 unspecified atom stereocenters. The standard InChI is InChI=1S/C20H26N2O.ClH/c1-15(2)21-13-18(23)14-22-19-9-5-3-7-16(19)11-12-17-8-4-6-10-20(17)22;/h3-10,15,18,21,23H,11-14H2,1-2H3;1H. The molecule has 130 valence electrons. The highest BCUT2D eigenvalue weighted by molar-refractivity contribution is 5.71. The van der Waals surface area contributed by atoms with E-state index in [1.54, 1.807) is 0 Å². The predicted octanol–water partition coefficient (Wildman–Crippen LogP) is -0.740. The van der Waals surface area contributed by atoms with Crippen molar-refractivity contribution in [1.82, 2.24) is 0 Å². The van der Waals surface area contributed by atoms with Crippen molar-refractivity contribution >= 4 is 11.4 Å². The topological polar surface area (TPSA) is 40.1 Å². The van der Waals surface area contributed by atoms with Crippen LogP contribution in [0.5, 0.6) is 0 Å². The van der Waals surface area contributed by atoms with Crippen molar-refractivity contribution in [2.45, 2.75) is 38.8 Å². The first-order chi connectivity index (χ1) is 11.1. The molecule has 0 amide bonds. The number of fused-ring (bicyclic) bond motifs is 2. The zero-order valence-corrected chi connectivity index (χ0v) is 15.2. The number of hydrogen-bond donors (Lipinski definition) is 2. The molecule has 0 saturated carbocycles. The van der Waals surface area contributed by atoms with Gasteiger partial charge in [-0.3, -0.25) is 0 Å². The van der Waals surface area contributed by atoms with Crippen LogP contribution >= 0.6 is 0 Å². The number of quaternary nitrogens is 1. The molecule has 1 aliphatic heterocycles. The third kappa shape index (κ3) is 4.29. The maximum absolute atomic E-state index is 10.5. The highest BCUT2D eigenvalue weighted by Gasteiger charge is 2.22. The lowest BCUT2D eigenvalue weighted by atomic mass is 10.0. The Morgan fingerprint density at radius 1 is 0.958 bits per heavy atom. The number of aliphatic hydroxyl groups is 1. The third-order valence-electron chi connectivity index (χ3n) is 4.50. The van der Waals surface area contributed by atoms with Gasteiger partial charge in [-0.1, -0.05) is 36.4 Å². The number of β-amino-alcohol motifs (C(OH)–C–C–N with tert-alkyl or cyclic N) is 1. The van der Waals surface area contributed by atoms with Gasteiger partial charge in [-0.15, -0.1) is 0 Å². The number of benzene rings is 2. The van der Waals surface area contributed by atoms with Crippen LogP contribution < -0.4 is 22.6 Å². The highest BCUT2D eigenvalue weighted by Crippen LogP contribution is 2.35. The minimum atomic E-state index is -0.350. The molecule has 0 aromatic heterocycles.